The zero-order valence-electron chi connectivity index (χ0n) is 11.3. The number of rotatable bonds is 1. The molecule has 0 unspecified atom stereocenters. The molecular formula is C15H10O8. The van der Waals surface area contributed by atoms with Crippen molar-refractivity contribution < 1.29 is 35.1 Å². The summed E-state index contributed by atoms with van der Waals surface area (Å²) in [4.78, 5) is 12.2. The fraction of sp³-hybridized carbons (Fsp3) is 0. The molecule has 23 heavy (non-hydrogen) atoms. The second-order valence-electron chi connectivity index (χ2n) is 4.78. The van der Waals surface area contributed by atoms with Gasteiger partial charge in [0.2, 0.25) is 11.2 Å². The number of fused-ring (bicyclic) bond motifs is 1. The van der Waals surface area contributed by atoms with Crippen LogP contribution in [0.3, 0.4) is 0 Å². The Morgan fingerprint density at radius 3 is 1.96 bits per heavy atom. The number of phenolic OH excluding ortho intramolecular Hbond substituents is 5. The molecule has 8 heteroatoms. The summed E-state index contributed by atoms with van der Waals surface area (Å²) in [5.74, 6) is -4.72. The molecular weight excluding hydrogens is 308 g/mol. The molecule has 118 valence electrons. The minimum atomic E-state index is -1.01. The number of aromatic hydroxyl groups is 6. The SMILES string of the molecule is O=c1c(O)c(-c2cc(O)c(O)c(O)c2)oc2ccc(O)c(O)c12. The van der Waals surface area contributed by atoms with E-state index in [1.54, 1.807) is 0 Å². The van der Waals surface area contributed by atoms with Crippen molar-refractivity contribution in [2.24, 2.45) is 0 Å². The Labute approximate surface area is 127 Å². The van der Waals surface area contributed by atoms with Gasteiger partial charge in [-0.05, 0) is 24.3 Å². The maximum Gasteiger partial charge on any atom is 0.238 e. The normalized spacial score (nSPS) is 11.0. The first-order valence-electron chi connectivity index (χ1n) is 6.27. The van der Waals surface area contributed by atoms with Crippen molar-refractivity contribution in [2.75, 3.05) is 0 Å². The van der Waals surface area contributed by atoms with Crippen molar-refractivity contribution in [1.82, 2.24) is 0 Å². The van der Waals surface area contributed by atoms with E-state index in [2.05, 4.69) is 0 Å². The third-order valence-electron chi connectivity index (χ3n) is 3.32. The van der Waals surface area contributed by atoms with Crippen molar-refractivity contribution in [3.05, 3.63) is 34.5 Å². The van der Waals surface area contributed by atoms with E-state index < -0.39 is 51.1 Å². The lowest BCUT2D eigenvalue weighted by Crippen LogP contribution is -2.03. The Morgan fingerprint density at radius 2 is 1.35 bits per heavy atom. The van der Waals surface area contributed by atoms with Crippen LogP contribution in [0.15, 0.2) is 33.5 Å². The highest BCUT2D eigenvalue weighted by Gasteiger charge is 2.21. The second-order valence-corrected chi connectivity index (χ2v) is 4.78. The molecule has 0 atom stereocenters. The molecule has 0 aliphatic rings. The lowest BCUT2D eigenvalue weighted by Gasteiger charge is -2.09. The van der Waals surface area contributed by atoms with E-state index >= 15 is 0 Å². The highest BCUT2D eigenvalue weighted by Crippen LogP contribution is 2.42. The fourth-order valence-corrected chi connectivity index (χ4v) is 2.18. The molecule has 0 saturated heterocycles. The van der Waals surface area contributed by atoms with Gasteiger partial charge in [0.25, 0.3) is 0 Å². The predicted octanol–water partition coefficient (Wildman–Crippen LogP) is 1.69. The summed E-state index contributed by atoms with van der Waals surface area (Å²) in [5.41, 5.74) is -1.23. The molecule has 6 N–H and O–H groups in total. The molecule has 3 rings (SSSR count). The molecule has 0 amide bonds. The van der Waals surface area contributed by atoms with Crippen LogP contribution in [0.4, 0.5) is 0 Å². The Balaban J connectivity index is 2.38. The van der Waals surface area contributed by atoms with E-state index in [0.717, 1.165) is 18.2 Å². The summed E-state index contributed by atoms with van der Waals surface area (Å²) < 4.78 is 5.32. The average molecular weight is 318 g/mol. The molecule has 3 aromatic rings. The van der Waals surface area contributed by atoms with Crippen molar-refractivity contribution in [2.45, 2.75) is 0 Å². The summed E-state index contributed by atoms with van der Waals surface area (Å²) >= 11 is 0. The maximum atomic E-state index is 12.2. The topological polar surface area (TPSA) is 152 Å². The van der Waals surface area contributed by atoms with Gasteiger partial charge in [-0.2, -0.15) is 0 Å². The molecule has 0 radical (unpaired) electrons. The maximum absolute atomic E-state index is 12.2. The van der Waals surface area contributed by atoms with Gasteiger partial charge in [0.15, 0.2) is 34.5 Å². The number of hydrogen-bond donors (Lipinski definition) is 6. The first-order chi connectivity index (χ1) is 10.8. The van der Waals surface area contributed by atoms with Gasteiger partial charge in [0.1, 0.15) is 11.0 Å². The van der Waals surface area contributed by atoms with Crippen LogP contribution in [0.2, 0.25) is 0 Å². The smallest absolute Gasteiger partial charge is 0.238 e. The van der Waals surface area contributed by atoms with Gasteiger partial charge >= 0.3 is 0 Å². The second kappa shape index (κ2) is 4.73. The Kier molecular flexibility index (Phi) is 2.96. The molecule has 0 saturated carbocycles. The van der Waals surface area contributed by atoms with E-state index in [-0.39, 0.29) is 11.1 Å². The van der Waals surface area contributed by atoms with Gasteiger partial charge in [-0.25, -0.2) is 0 Å². The molecule has 1 aromatic heterocycles. The molecule has 2 aromatic carbocycles. The standard InChI is InChI=1S/C15H10O8/c16-6-1-2-9-10(12(6)20)13(21)14(22)15(23-9)5-3-7(17)11(19)8(18)4-5/h1-4,16-20,22H. The summed E-state index contributed by atoms with van der Waals surface area (Å²) in [6.07, 6.45) is 0. The van der Waals surface area contributed by atoms with Crippen molar-refractivity contribution >= 4 is 11.0 Å². The van der Waals surface area contributed by atoms with E-state index in [9.17, 15) is 35.4 Å². The summed E-state index contributed by atoms with van der Waals surface area (Å²) in [5, 5.41) is 57.1. The zero-order valence-corrected chi connectivity index (χ0v) is 11.3. The van der Waals surface area contributed by atoms with Crippen molar-refractivity contribution in [3.8, 4) is 45.8 Å². The van der Waals surface area contributed by atoms with Gasteiger partial charge in [-0.15, -0.1) is 0 Å². The molecule has 0 aliphatic carbocycles. The predicted molar refractivity (Wildman–Crippen MR) is 77.9 cm³/mol. The molecule has 0 aliphatic heterocycles. The summed E-state index contributed by atoms with van der Waals surface area (Å²) in [6.45, 7) is 0. The number of hydrogen-bond acceptors (Lipinski definition) is 8. The third kappa shape index (κ3) is 2.04. The first kappa shape index (κ1) is 14.4. The molecule has 8 nitrogen and oxygen atoms in total. The van der Waals surface area contributed by atoms with Gasteiger partial charge < -0.3 is 35.1 Å². The first-order valence-corrected chi connectivity index (χ1v) is 6.27. The largest absolute Gasteiger partial charge is 0.504 e. The van der Waals surface area contributed by atoms with E-state index in [4.69, 9.17) is 4.42 Å². The van der Waals surface area contributed by atoms with Crippen LogP contribution in [-0.2, 0) is 0 Å². The molecule has 1 heterocycles. The van der Waals surface area contributed by atoms with Crippen molar-refractivity contribution in [1.29, 1.82) is 0 Å². The highest BCUT2D eigenvalue weighted by atomic mass is 16.4. The highest BCUT2D eigenvalue weighted by molar-refractivity contribution is 5.89. The summed E-state index contributed by atoms with van der Waals surface area (Å²) in [6, 6.07) is 4.24. The van der Waals surface area contributed by atoms with Crippen LogP contribution in [0, 0.1) is 0 Å². The number of benzene rings is 2. The Bertz CT molecular complexity index is 980. The zero-order chi connectivity index (χ0) is 16.9. The van der Waals surface area contributed by atoms with Gasteiger partial charge in [0.05, 0.1) is 0 Å². The minimum absolute atomic E-state index is 0.0816. The number of phenols is 5. The van der Waals surface area contributed by atoms with Crippen LogP contribution in [-0.4, -0.2) is 30.6 Å². The van der Waals surface area contributed by atoms with E-state index in [0.29, 0.717) is 0 Å². The average Bonchev–Trinajstić information content (AvgIpc) is 2.51. The molecule has 0 fully saturated rings. The minimum Gasteiger partial charge on any atom is -0.504 e. The lowest BCUT2D eigenvalue weighted by molar-refractivity contribution is 0.368. The summed E-state index contributed by atoms with van der Waals surface area (Å²) in [7, 11) is 0. The molecule has 0 bridgehead atoms. The Morgan fingerprint density at radius 1 is 0.739 bits per heavy atom. The Hall–Kier alpha value is -3.55. The molecule has 0 spiro atoms. The van der Waals surface area contributed by atoms with Crippen LogP contribution in [0.5, 0.6) is 34.5 Å². The monoisotopic (exact) mass is 318 g/mol. The van der Waals surface area contributed by atoms with Gasteiger partial charge in [-0.1, -0.05) is 0 Å². The van der Waals surface area contributed by atoms with Crippen LogP contribution in [0.1, 0.15) is 0 Å². The van der Waals surface area contributed by atoms with E-state index in [1.807, 2.05) is 0 Å². The fourth-order valence-electron chi connectivity index (χ4n) is 2.18. The van der Waals surface area contributed by atoms with Crippen LogP contribution >= 0.6 is 0 Å². The van der Waals surface area contributed by atoms with Crippen LogP contribution < -0.4 is 5.43 Å². The van der Waals surface area contributed by atoms with Crippen molar-refractivity contribution in [3.63, 3.8) is 0 Å². The quantitative estimate of drug-likeness (QED) is 0.371. The van der Waals surface area contributed by atoms with Gasteiger partial charge in [-0.3, -0.25) is 4.79 Å². The van der Waals surface area contributed by atoms with Crippen LogP contribution in [0.25, 0.3) is 22.3 Å². The third-order valence-corrected chi connectivity index (χ3v) is 3.32. The van der Waals surface area contributed by atoms with Gasteiger partial charge in [0, 0.05) is 5.56 Å². The van der Waals surface area contributed by atoms with E-state index in [1.165, 1.54) is 6.07 Å². The lowest BCUT2D eigenvalue weighted by atomic mass is 10.1.